The van der Waals surface area contributed by atoms with E-state index in [4.69, 9.17) is 0 Å². The molecule has 2 nitrogen and oxygen atoms in total. The molecule has 0 aromatic carbocycles. The van der Waals surface area contributed by atoms with E-state index in [1.54, 1.807) is 0 Å². The lowest BCUT2D eigenvalue weighted by Crippen LogP contribution is -2.20. The SMILES string of the molecule is O=CCC(O)C1CCCCCC1. The summed E-state index contributed by atoms with van der Waals surface area (Å²) in [6.07, 6.45) is 8.03. The van der Waals surface area contributed by atoms with Crippen LogP contribution in [0.3, 0.4) is 0 Å². The summed E-state index contributed by atoms with van der Waals surface area (Å²) in [4.78, 5) is 10.2. The molecule has 0 spiro atoms. The van der Waals surface area contributed by atoms with Gasteiger partial charge in [0.1, 0.15) is 6.29 Å². The largest absolute Gasteiger partial charge is 0.392 e. The first-order valence-corrected chi connectivity index (χ1v) is 4.96. The van der Waals surface area contributed by atoms with E-state index in [1.807, 2.05) is 0 Å². The molecule has 1 atom stereocenters. The van der Waals surface area contributed by atoms with Gasteiger partial charge in [0.05, 0.1) is 6.10 Å². The van der Waals surface area contributed by atoms with Gasteiger partial charge in [-0.15, -0.1) is 0 Å². The lowest BCUT2D eigenvalue weighted by molar-refractivity contribution is -0.110. The van der Waals surface area contributed by atoms with Gasteiger partial charge in [0.2, 0.25) is 0 Å². The Bertz CT molecular complexity index is 126. The molecule has 12 heavy (non-hydrogen) atoms. The molecule has 1 unspecified atom stereocenters. The molecule has 0 radical (unpaired) electrons. The van der Waals surface area contributed by atoms with Gasteiger partial charge in [0.15, 0.2) is 0 Å². The van der Waals surface area contributed by atoms with Gasteiger partial charge in [-0.1, -0.05) is 25.7 Å². The Kier molecular flexibility index (Phi) is 4.30. The fraction of sp³-hybridized carbons (Fsp3) is 0.900. The molecule has 1 fully saturated rings. The molecule has 0 aliphatic heterocycles. The minimum absolute atomic E-state index is 0.324. The highest BCUT2D eigenvalue weighted by Gasteiger charge is 2.19. The van der Waals surface area contributed by atoms with E-state index in [1.165, 1.54) is 25.7 Å². The van der Waals surface area contributed by atoms with Crippen molar-refractivity contribution in [1.82, 2.24) is 0 Å². The molecule has 0 aromatic rings. The van der Waals surface area contributed by atoms with Crippen molar-refractivity contribution in [3.63, 3.8) is 0 Å². The summed E-state index contributed by atoms with van der Waals surface area (Å²) < 4.78 is 0. The van der Waals surface area contributed by atoms with Gasteiger partial charge in [-0.25, -0.2) is 0 Å². The fourth-order valence-corrected chi connectivity index (χ4v) is 1.99. The number of aliphatic hydroxyl groups is 1. The van der Waals surface area contributed by atoms with E-state index in [0.717, 1.165) is 19.1 Å². The molecule has 0 saturated heterocycles. The predicted molar refractivity (Wildman–Crippen MR) is 47.9 cm³/mol. The molecule has 1 rings (SSSR count). The van der Waals surface area contributed by atoms with E-state index < -0.39 is 0 Å². The number of aldehydes is 1. The van der Waals surface area contributed by atoms with Crippen molar-refractivity contribution < 1.29 is 9.90 Å². The monoisotopic (exact) mass is 170 g/mol. The van der Waals surface area contributed by atoms with Crippen molar-refractivity contribution in [1.29, 1.82) is 0 Å². The van der Waals surface area contributed by atoms with Crippen molar-refractivity contribution in [2.45, 2.75) is 51.0 Å². The molecule has 0 heterocycles. The molecular formula is C10H18O2. The van der Waals surface area contributed by atoms with E-state index in [2.05, 4.69) is 0 Å². The van der Waals surface area contributed by atoms with Crippen LogP contribution in [0.15, 0.2) is 0 Å². The van der Waals surface area contributed by atoms with Crippen molar-refractivity contribution in [2.75, 3.05) is 0 Å². The average molecular weight is 170 g/mol. The Morgan fingerprint density at radius 3 is 2.33 bits per heavy atom. The number of carbonyl (C=O) groups is 1. The molecule has 2 heteroatoms. The third-order valence-corrected chi connectivity index (χ3v) is 2.78. The quantitative estimate of drug-likeness (QED) is 0.519. The minimum atomic E-state index is -0.374. The fourth-order valence-electron chi connectivity index (χ4n) is 1.99. The van der Waals surface area contributed by atoms with Crippen LogP contribution in [-0.2, 0) is 4.79 Å². The zero-order valence-corrected chi connectivity index (χ0v) is 7.54. The Hall–Kier alpha value is -0.370. The predicted octanol–water partition coefficient (Wildman–Crippen LogP) is 1.91. The van der Waals surface area contributed by atoms with Crippen LogP contribution in [-0.4, -0.2) is 17.5 Å². The number of rotatable bonds is 3. The topological polar surface area (TPSA) is 37.3 Å². The second-order valence-corrected chi connectivity index (χ2v) is 3.72. The average Bonchev–Trinajstić information content (AvgIpc) is 2.32. The van der Waals surface area contributed by atoms with Gasteiger partial charge in [-0.2, -0.15) is 0 Å². The van der Waals surface area contributed by atoms with Crippen LogP contribution in [0.1, 0.15) is 44.9 Å². The van der Waals surface area contributed by atoms with Crippen LogP contribution in [0, 0.1) is 5.92 Å². The first kappa shape index (κ1) is 9.72. The molecule has 1 saturated carbocycles. The van der Waals surface area contributed by atoms with Gasteiger partial charge in [0, 0.05) is 6.42 Å². The maximum atomic E-state index is 10.2. The van der Waals surface area contributed by atoms with E-state index in [9.17, 15) is 9.90 Å². The van der Waals surface area contributed by atoms with Crippen LogP contribution < -0.4 is 0 Å². The molecule has 0 bridgehead atoms. The number of aliphatic hydroxyl groups excluding tert-OH is 1. The normalized spacial score (nSPS) is 23.1. The van der Waals surface area contributed by atoms with E-state index >= 15 is 0 Å². The Labute approximate surface area is 74.0 Å². The Morgan fingerprint density at radius 2 is 1.83 bits per heavy atom. The lowest BCUT2D eigenvalue weighted by atomic mass is 9.92. The van der Waals surface area contributed by atoms with Crippen LogP contribution in [0.25, 0.3) is 0 Å². The summed E-state index contributed by atoms with van der Waals surface area (Å²) in [5.41, 5.74) is 0. The third-order valence-electron chi connectivity index (χ3n) is 2.78. The Balaban J connectivity index is 2.31. The van der Waals surface area contributed by atoms with Crippen molar-refractivity contribution in [2.24, 2.45) is 5.92 Å². The van der Waals surface area contributed by atoms with Gasteiger partial charge < -0.3 is 9.90 Å². The van der Waals surface area contributed by atoms with Crippen molar-refractivity contribution >= 4 is 6.29 Å². The van der Waals surface area contributed by atoms with Crippen LogP contribution in [0.5, 0.6) is 0 Å². The van der Waals surface area contributed by atoms with Crippen LogP contribution >= 0.6 is 0 Å². The smallest absolute Gasteiger partial charge is 0.122 e. The maximum Gasteiger partial charge on any atom is 0.122 e. The number of carbonyl (C=O) groups excluding carboxylic acids is 1. The molecule has 1 aliphatic carbocycles. The lowest BCUT2D eigenvalue weighted by Gasteiger charge is -2.18. The molecule has 1 N–H and O–H groups in total. The second kappa shape index (κ2) is 5.31. The maximum absolute atomic E-state index is 10.2. The summed E-state index contributed by atoms with van der Waals surface area (Å²) in [5, 5.41) is 9.57. The van der Waals surface area contributed by atoms with E-state index in [0.29, 0.717) is 12.3 Å². The molecule has 1 aliphatic rings. The first-order valence-electron chi connectivity index (χ1n) is 4.96. The number of hydrogen-bond acceptors (Lipinski definition) is 2. The van der Waals surface area contributed by atoms with Gasteiger partial charge in [-0.05, 0) is 18.8 Å². The summed E-state index contributed by atoms with van der Waals surface area (Å²) in [6, 6.07) is 0. The summed E-state index contributed by atoms with van der Waals surface area (Å²) >= 11 is 0. The van der Waals surface area contributed by atoms with E-state index in [-0.39, 0.29) is 6.10 Å². The summed E-state index contributed by atoms with van der Waals surface area (Å²) in [5.74, 6) is 0.387. The Morgan fingerprint density at radius 1 is 1.25 bits per heavy atom. The standard InChI is InChI=1S/C10H18O2/c11-8-7-10(12)9-5-3-1-2-4-6-9/h8-10,12H,1-7H2. The minimum Gasteiger partial charge on any atom is -0.392 e. The van der Waals surface area contributed by atoms with Crippen molar-refractivity contribution in [3.05, 3.63) is 0 Å². The molecule has 0 amide bonds. The number of hydrogen-bond donors (Lipinski definition) is 1. The summed E-state index contributed by atoms with van der Waals surface area (Å²) in [7, 11) is 0. The third kappa shape index (κ3) is 2.94. The van der Waals surface area contributed by atoms with Crippen LogP contribution in [0.4, 0.5) is 0 Å². The molecular weight excluding hydrogens is 152 g/mol. The summed E-state index contributed by atoms with van der Waals surface area (Å²) in [6.45, 7) is 0. The van der Waals surface area contributed by atoms with Gasteiger partial charge in [-0.3, -0.25) is 0 Å². The molecule has 0 aromatic heterocycles. The molecule has 70 valence electrons. The first-order chi connectivity index (χ1) is 5.84. The highest BCUT2D eigenvalue weighted by Crippen LogP contribution is 2.26. The van der Waals surface area contributed by atoms with Crippen LogP contribution in [0.2, 0.25) is 0 Å². The zero-order chi connectivity index (χ0) is 8.81. The van der Waals surface area contributed by atoms with Gasteiger partial charge >= 0.3 is 0 Å². The van der Waals surface area contributed by atoms with Gasteiger partial charge in [0.25, 0.3) is 0 Å². The second-order valence-electron chi connectivity index (χ2n) is 3.72. The zero-order valence-electron chi connectivity index (χ0n) is 7.54. The van der Waals surface area contributed by atoms with Crippen molar-refractivity contribution in [3.8, 4) is 0 Å². The highest BCUT2D eigenvalue weighted by atomic mass is 16.3. The highest BCUT2D eigenvalue weighted by molar-refractivity contribution is 5.50.